The molecule has 3 rings (SSSR count). The van der Waals surface area contributed by atoms with Crippen LogP contribution in [0, 0.1) is 6.92 Å². The Labute approximate surface area is 150 Å². The molecule has 0 aromatic carbocycles. The monoisotopic (exact) mass is 354 g/mol. The van der Waals surface area contributed by atoms with Crippen molar-refractivity contribution in [2.24, 2.45) is 0 Å². The number of aromatic nitrogens is 3. The molecule has 3 aromatic rings. The van der Waals surface area contributed by atoms with Crippen LogP contribution in [-0.4, -0.2) is 21.1 Å². The molecule has 3 aromatic heterocycles. The summed E-state index contributed by atoms with van der Waals surface area (Å²) >= 11 is 1.40. The molecule has 0 aliphatic heterocycles. The summed E-state index contributed by atoms with van der Waals surface area (Å²) in [6.45, 7) is 8.72. The molecule has 0 radical (unpaired) electrons. The number of fused-ring (bicyclic) bond motifs is 3. The second-order valence-electron chi connectivity index (χ2n) is 5.67. The van der Waals surface area contributed by atoms with Gasteiger partial charge in [-0.2, -0.15) is 0 Å². The minimum Gasteiger partial charge on any atom is -0.385 e. The van der Waals surface area contributed by atoms with E-state index in [1.165, 1.54) is 11.3 Å². The van der Waals surface area contributed by atoms with Crippen molar-refractivity contribution in [2.75, 3.05) is 11.9 Å². The third kappa shape index (κ3) is 2.98. The van der Waals surface area contributed by atoms with Gasteiger partial charge in [0.15, 0.2) is 0 Å². The molecule has 6 heteroatoms. The maximum Gasteiger partial charge on any atom is 0.276 e. The average molecular weight is 354 g/mol. The Hall–Kier alpha value is -2.47. The summed E-state index contributed by atoms with van der Waals surface area (Å²) in [7, 11) is 0. The topological polar surface area (TPSA) is 59.8 Å². The van der Waals surface area contributed by atoms with Crippen molar-refractivity contribution < 1.29 is 0 Å². The summed E-state index contributed by atoms with van der Waals surface area (Å²) in [6, 6.07) is 1.93. The van der Waals surface area contributed by atoms with Crippen molar-refractivity contribution in [2.45, 2.75) is 34.1 Å². The van der Waals surface area contributed by atoms with Crippen LogP contribution in [0.3, 0.4) is 0 Å². The molecule has 130 valence electrons. The lowest BCUT2D eigenvalue weighted by atomic mass is 10.2. The molecule has 0 aliphatic carbocycles. The molecule has 5 nitrogen and oxygen atoms in total. The number of nitrogens with zero attached hydrogens (tertiary/aromatic N) is 3. The number of hydrogen-bond acceptors (Lipinski definition) is 5. The third-order valence-electron chi connectivity index (χ3n) is 4.01. The van der Waals surface area contributed by atoms with E-state index in [0.717, 1.165) is 40.1 Å². The van der Waals surface area contributed by atoms with Crippen molar-refractivity contribution in [3.8, 4) is 0 Å². The Morgan fingerprint density at radius 3 is 2.88 bits per heavy atom. The number of aryl methyl sites for hydroxylation is 1. The Bertz CT molecular complexity index is 1040. The van der Waals surface area contributed by atoms with Gasteiger partial charge >= 0.3 is 0 Å². The van der Waals surface area contributed by atoms with Crippen LogP contribution >= 0.6 is 11.3 Å². The minimum absolute atomic E-state index is 0.0400. The van der Waals surface area contributed by atoms with E-state index in [2.05, 4.69) is 17.2 Å². The number of pyridine rings is 1. The van der Waals surface area contributed by atoms with Crippen LogP contribution in [0.4, 0.5) is 5.69 Å². The highest BCUT2D eigenvalue weighted by Crippen LogP contribution is 2.34. The lowest BCUT2D eigenvalue weighted by Gasteiger charge is -2.10. The molecule has 1 N–H and O–H groups in total. The maximum absolute atomic E-state index is 13.2. The standard InChI is InChI=1S/C19H22N4OS/c1-5-8-9-13(6-2)23-12(4)22-16-15-14(20-7-3)10-11-21-18(15)25-17(16)19(23)24/h6,8-11H,5,7H2,1-4H3,(H,20,21)/b9-8-,13-6+. The lowest BCUT2D eigenvalue weighted by molar-refractivity contribution is 0.922. The highest BCUT2D eigenvalue weighted by Gasteiger charge is 2.18. The Kier molecular flexibility index (Phi) is 4.99. The molecule has 25 heavy (non-hydrogen) atoms. The van der Waals surface area contributed by atoms with E-state index in [1.54, 1.807) is 10.8 Å². The molecule has 0 aliphatic rings. The molecule has 0 saturated carbocycles. The summed E-state index contributed by atoms with van der Waals surface area (Å²) in [5, 5.41) is 4.27. The first-order valence-corrected chi connectivity index (χ1v) is 9.31. The van der Waals surface area contributed by atoms with Crippen molar-refractivity contribution in [3.63, 3.8) is 0 Å². The average Bonchev–Trinajstić information content (AvgIpc) is 2.98. The Morgan fingerprint density at radius 2 is 2.20 bits per heavy atom. The number of hydrogen-bond donors (Lipinski definition) is 1. The Morgan fingerprint density at radius 1 is 1.40 bits per heavy atom. The minimum atomic E-state index is -0.0400. The first-order valence-electron chi connectivity index (χ1n) is 8.50. The van der Waals surface area contributed by atoms with E-state index in [9.17, 15) is 4.79 Å². The fourth-order valence-electron chi connectivity index (χ4n) is 2.90. The van der Waals surface area contributed by atoms with E-state index in [1.807, 2.05) is 45.1 Å². The van der Waals surface area contributed by atoms with E-state index in [4.69, 9.17) is 4.98 Å². The van der Waals surface area contributed by atoms with Crippen LogP contribution in [-0.2, 0) is 0 Å². The normalized spacial score (nSPS) is 12.6. The summed E-state index contributed by atoms with van der Waals surface area (Å²) in [5.41, 5.74) is 2.51. The summed E-state index contributed by atoms with van der Waals surface area (Å²) in [5.74, 6) is 0.678. The van der Waals surface area contributed by atoms with Crippen molar-refractivity contribution >= 4 is 43.2 Å². The zero-order valence-corrected chi connectivity index (χ0v) is 15.8. The summed E-state index contributed by atoms with van der Waals surface area (Å²) < 4.78 is 2.32. The van der Waals surface area contributed by atoms with Gasteiger partial charge in [-0.3, -0.25) is 9.36 Å². The number of rotatable bonds is 5. The SMILES string of the molecule is C/C=C(\C=C/CC)n1c(C)nc2c(sc3nccc(NCC)c32)c1=O. The second-order valence-corrected chi connectivity index (χ2v) is 6.67. The molecular weight excluding hydrogens is 332 g/mol. The molecule has 0 unspecified atom stereocenters. The molecule has 0 spiro atoms. The highest BCUT2D eigenvalue weighted by atomic mass is 32.1. The predicted molar refractivity (Wildman–Crippen MR) is 107 cm³/mol. The summed E-state index contributed by atoms with van der Waals surface area (Å²) in [6.07, 6.45) is 8.63. The van der Waals surface area contributed by atoms with E-state index >= 15 is 0 Å². The third-order valence-corrected chi connectivity index (χ3v) is 5.08. The van der Waals surface area contributed by atoms with Crippen LogP contribution in [0.1, 0.15) is 33.0 Å². The van der Waals surface area contributed by atoms with Crippen molar-refractivity contribution in [1.82, 2.24) is 14.5 Å². The van der Waals surface area contributed by atoms with Gasteiger partial charge in [0.05, 0.1) is 5.39 Å². The number of nitrogens with one attached hydrogen (secondary N) is 1. The number of anilines is 1. The van der Waals surface area contributed by atoms with E-state index < -0.39 is 0 Å². The molecular formula is C19H22N4OS. The van der Waals surface area contributed by atoms with Gasteiger partial charge in [-0.05, 0) is 39.3 Å². The van der Waals surface area contributed by atoms with Crippen LogP contribution in [0.25, 0.3) is 26.1 Å². The van der Waals surface area contributed by atoms with Gasteiger partial charge in [0.25, 0.3) is 5.56 Å². The molecule has 0 amide bonds. The quantitative estimate of drug-likeness (QED) is 0.682. The number of thiophene rings is 1. The predicted octanol–water partition coefficient (Wildman–Crippen LogP) is 4.57. The van der Waals surface area contributed by atoms with Gasteiger partial charge in [-0.1, -0.05) is 19.1 Å². The molecule has 0 atom stereocenters. The maximum atomic E-state index is 13.2. The first kappa shape index (κ1) is 17.4. The van der Waals surface area contributed by atoms with Gasteiger partial charge in [-0.25, -0.2) is 9.97 Å². The lowest BCUT2D eigenvalue weighted by Crippen LogP contribution is -2.21. The molecule has 0 bridgehead atoms. The first-order chi connectivity index (χ1) is 12.1. The van der Waals surface area contributed by atoms with Crippen molar-refractivity contribution in [1.29, 1.82) is 0 Å². The van der Waals surface area contributed by atoms with Crippen LogP contribution in [0.2, 0.25) is 0 Å². The van der Waals surface area contributed by atoms with Crippen LogP contribution in [0.5, 0.6) is 0 Å². The molecule has 0 fully saturated rings. The van der Waals surface area contributed by atoms with Crippen molar-refractivity contribution in [3.05, 3.63) is 46.7 Å². The molecule has 3 heterocycles. The zero-order valence-electron chi connectivity index (χ0n) is 15.0. The van der Waals surface area contributed by atoms with E-state index in [0.29, 0.717) is 10.5 Å². The fourth-order valence-corrected chi connectivity index (χ4v) is 3.94. The van der Waals surface area contributed by atoms with Gasteiger partial charge < -0.3 is 5.32 Å². The second kappa shape index (κ2) is 7.19. The largest absolute Gasteiger partial charge is 0.385 e. The zero-order chi connectivity index (χ0) is 18.0. The van der Waals surface area contributed by atoms with Crippen LogP contribution in [0.15, 0.2) is 35.3 Å². The Balaban J connectivity index is 2.35. The highest BCUT2D eigenvalue weighted by molar-refractivity contribution is 7.25. The van der Waals surface area contributed by atoms with Gasteiger partial charge in [-0.15, -0.1) is 11.3 Å². The van der Waals surface area contributed by atoms with Crippen LogP contribution < -0.4 is 10.9 Å². The summed E-state index contributed by atoms with van der Waals surface area (Å²) in [4.78, 5) is 23.2. The fraction of sp³-hybridized carbons (Fsp3) is 0.316. The van der Waals surface area contributed by atoms with Gasteiger partial charge in [0, 0.05) is 24.1 Å². The smallest absolute Gasteiger partial charge is 0.276 e. The number of allylic oxidation sites excluding steroid dienone is 4. The van der Waals surface area contributed by atoms with Gasteiger partial charge in [0.1, 0.15) is 20.9 Å². The van der Waals surface area contributed by atoms with Gasteiger partial charge in [0.2, 0.25) is 0 Å². The molecule has 0 saturated heterocycles. The van der Waals surface area contributed by atoms with E-state index in [-0.39, 0.29) is 5.56 Å².